The molecule has 0 amide bonds. The van der Waals surface area contributed by atoms with E-state index in [0.29, 0.717) is 84.7 Å². The smallest absolute Gasteiger partial charge is 0.329 e. The fourth-order valence-electron chi connectivity index (χ4n) is 13.5. The minimum Gasteiger partial charge on any atom is -0.480 e. The fraction of sp³-hybridized carbons (Fsp3) is 0.723. The van der Waals surface area contributed by atoms with Crippen LogP contribution in [0.3, 0.4) is 0 Å². The Bertz CT molecular complexity index is 2320. The fourth-order valence-corrected chi connectivity index (χ4v) is 13.5. The van der Waals surface area contributed by atoms with Crippen molar-refractivity contribution < 1.29 is 58.7 Å². The van der Waals surface area contributed by atoms with E-state index in [1.165, 1.54) is 0 Å². The van der Waals surface area contributed by atoms with Crippen LogP contribution in [0.1, 0.15) is 250 Å². The normalized spacial score (nSPS) is 18.4. The highest BCUT2D eigenvalue weighted by molar-refractivity contribution is 6.03. The molecule has 2 aliphatic rings. The molecule has 0 spiro atoms. The van der Waals surface area contributed by atoms with Gasteiger partial charge >= 0.3 is 35.8 Å². The van der Waals surface area contributed by atoms with Gasteiger partial charge in [-0.25, -0.2) is 0 Å². The third-order valence-electron chi connectivity index (χ3n) is 16.8. The third kappa shape index (κ3) is 14.6. The van der Waals surface area contributed by atoms with E-state index in [1.807, 2.05) is 96.9 Å². The van der Waals surface area contributed by atoms with Gasteiger partial charge in [0, 0.05) is 44.4 Å². The summed E-state index contributed by atoms with van der Waals surface area (Å²) < 4.78 is 14.4. The molecule has 4 rings (SSSR count). The van der Waals surface area contributed by atoms with E-state index >= 15 is 9.59 Å². The van der Waals surface area contributed by atoms with Crippen molar-refractivity contribution in [3.8, 4) is 11.5 Å². The van der Waals surface area contributed by atoms with Gasteiger partial charge in [-0.2, -0.15) is 0 Å². The van der Waals surface area contributed by atoms with Crippen molar-refractivity contribution in [3.05, 3.63) is 57.6 Å². The molecule has 14 nitrogen and oxygen atoms in total. The second kappa shape index (κ2) is 22.8. The highest BCUT2D eigenvalue weighted by Gasteiger charge is 2.65. The number of piperidine rings is 2. The molecule has 0 bridgehead atoms. The van der Waals surface area contributed by atoms with Crippen molar-refractivity contribution in [2.45, 2.75) is 273 Å². The van der Waals surface area contributed by atoms with Crippen molar-refractivity contribution in [2.75, 3.05) is 0 Å². The second-order valence-electron chi connectivity index (χ2n) is 30.6. The highest BCUT2D eigenvalue weighted by atomic mass is 16.6. The SMILES string of the molecule is CCCCC(Cc1cc(C(C)(C)C)c(OC(=O)C(C(=O)Oc2c(C(C)(C)C)cc(CC(CCCC)(C(=O)O)C(=O)O)cc2C(C)(C)C)(C2CC(C)(C)NC(C)(C)C2)C2CC(C)(C)NC(C)(C)C2)c(C(C)(C)C)c1)(C(=O)O)C(=O)O. The highest BCUT2D eigenvalue weighted by Crippen LogP contribution is 2.56. The molecule has 2 aromatic rings. The zero-order valence-electron chi connectivity index (χ0n) is 52.5. The number of benzene rings is 2. The van der Waals surface area contributed by atoms with Gasteiger partial charge in [0.1, 0.15) is 11.5 Å². The molecular weight excluding hydrogens is 1000 g/mol. The summed E-state index contributed by atoms with van der Waals surface area (Å²) >= 11 is 0. The van der Waals surface area contributed by atoms with Gasteiger partial charge in [0.15, 0.2) is 16.2 Å². The van der Waals surface area contributed by atoms with E-state index in [4.69, 9.17) is 9.47 Å². The average Bonchev–Trinajstić information content (AvgIpc) is 3.23. The van der Waals surface area contributed by atoms with Gasteiger partial charge in [0.05, 0.1) is 0 Å². The second-order valence-corrected chi connectivity index (χ2v) is 30.6. The third-order valence-corrected chi connectivity index (χ3v) is 16.8. The first-order valence-electron chi connectivity index (χ1n) is 28.9. The summed E-state index contributed by atoms with van der Waals surface area (Å²) in [5.74, 6) is -8.23. The molecule has 2 fully saturated rings. The molecule has 2 saturated heterocycles. The molecule has 2 aromatic carbocycles. The lowest BCUT2D eigenvalue weighted by atomic mass is 9.54. The first-order chi connectivity index (χ1) is 35.6. The molecular formula is C65H102N2O12. The number of aliphatic carboxylic acids is 4. The van der Waals surface area contributed by atoms with E-state index in [1.54, 1.807) is 24.3 Å². The average molecular weight is 1100 g/mol. The van der Waals surface area contributed by atoms with Crippen molar-refractivity contribution in [3.63, 3.8) is 0 Å². The Kier molecular flexibility index (Phi) is 19.3. The molecule has 14 heteroatoms. The summed E-state index contributed by atoms with van der Waals surface area (Å²) in [5, 5.41) is 50.2. The van der Waals surface area contributed by atoms with Crippen LogP contribution >= 0.6 is 0 Å². The van der Waals surface area contributed by atoms with Crippen LogP contribution in [0.2, 0.25) is 0 Å². The zero-order valence-corrected chi connectivity index (χ0v) is 52.5. The number of carboxylic acid groups (broad SMARTS) is 4. The quantitative estimate of drug-likeness (QED) is 0.0412. The summed E-state index contributed by atoms with van der Waals surface area (Å²) in [6, 6.07) is 7.10. The summed E-state index contributed by atoms with van der Waals surface area (Å²) in [5.41, 5.74) is -8.66. The molecule has 0 unspecified atom stereocenters. The number of carbonyl (C=O) groups is 6. The molecule has 0 radical (unpaired) electrons. The predicted octanol–water partition coefficient (Wildman–Crippen LogP) is 13.3. The lowest BCUT2D eigenvalue weighted by molar-refractivity contribution is -0.179. The van der Waals surface area contributed by atoms with Crippen LogP contribution in [-0.2, 0) is 63.3 Å². The Balaban J connectivity index is 2.26. The first-order valence-corrected chi connectivity index (χ1v) is 28.9. The molecule has 0 atom stereocenters. The van der Waals surface area contributed by atoms with Gasteiger partial charge in [-0.3, -0.25) is 28.8 Å². The molecule has 0 aromatic heterocycles. The molecule has 0 aliphatic carbocycles. The molecule has 0 saturated carbocycles. The Morgan fingerprint density at radius 3 is 0.873 bits per heavy atom. The number of hydrogen-bond donors (Lipinski definition) is 6. The largest absolute Gasteiger partial charge is 0.480 e. The van der Waals surface area contributed by atoms with E-state index in [2.05, 4.69) is 66.0 Å². The molecule has 444 valence electrons. The van der Waals surface area contributed by atoms with Crippen molar-refractivity contribution in [2.24, 2.45) is 28.1 Å². The lowest BCUT2D eigenvalue weighted by Crippen LogP contribution is -2.68. The number of carbonyl (C=O) groups excluding carboxylic acids is 2. The Morgan fingerprint density at radius 1 is 0.456 bits per heavy atom. The van der Waals surface area contributed by atoms with Crippen LogP contribution in [-0.4, -0.2) is 78.4 Å². The standard InChI is InChI=1S/C65H102N2O12/c1-23-25-27-63(49(68)69,50(70)71)33-39-29-43(55(3,4)5)47(44(30-39)56(6,7)8)78-53(76)65(41-35-59(15,16)66-60(17,18)36-41,42-37-61(19,20)67-62(21,22)38-42)54(77)79-48-45(57(9,10)11)31-40(32-46(48)58(12,13)14)34-64(51(72)73,52(74)75)28-26-24-2/h29-32,41-42,66-67H,23-28,33-38H2,1-22H3,(H,68,69)(H,70,71)(H,72,73)(H,74,75). The molecule has 2 heterocycles. The van der Waals surface area contributed by atoms with Crippen LogP contribution in [0.15, 0.2) is 24.3 Å². The number of rotatable bonds is 20. The van der Waals surface area contributed by atoms with Crippen LogP contribution in [0, 0.1) is 28.1 Å². The van der Waals surface area contributed by atoms with Crippen molar-refractivity contribution in [1.29, 1.82) is 0 Å². The summed E-state index contributed by atoms with van der Waals surface area (Å²) in [4.78, 5) is 86.5. The van der Waals surface area contributed by atoms with E-state index in [0.717, 1.165) is 0 Å². The zero-order chi connectivity index (χ0) is 60.9. The van der Waals surface area contributed by atoms with Crippen molar-refractivity contribution in [1.82, 2.24) is 10.6 Å². The summed E-state index contributed by atoms with van der Waals surface area (Å²) in [7, 11) is 0. The number of carboxylic acids is 4. The monoisotopic (exact) mass is 1100 g/mol. The maximum atomic E-state index is 17.0. The number of hydrogen-bond acceptors (Lipinski definition) is 10. The topological polar surface area (TPSA) is 226 Å². The van der Waals surface area contributed by atoms with Crippen LogP contribution in [0.4, 0.5) is 0 Å². The minimum atomic E-state index is -2.12. The number of ether oxygens (including phenoxy) is 2. The minimum absolute atomic E-state index is 0.0852. The van der Waals surface area contributed by atoms with Gasteiger partial charge in [-0.05, 0) is 151 Å². The van der Waals surface area contributed by atoms with E-state index in [-0.39, 0.29) is 37.2 Å². The van der Waals surface area contributed by atoms with E-state index in [9.17, 15) is 39.6 Å². The Labute approximate surface area is 473 Å². The number of nitrogens with one attached hydrogen (secondary N) is 2. The molecule has 79 heavy (non-hydrogen) atoms. The predicted molar refractivity (Wildman–Crippen MR) is 311 cm³/mol. The van der Waals surface area contributed by atoms with Gasteiger partial charge in [0.25, 0.3) is 0 Å². The van der Waals surface area contributed by atoms with E-state index < -0.39 is 108 Å². The Hall–Kier alpha value is -4.82. The van der Waals surface area contributed by atoms with Gasteiger partial charge < -0.3 is 40.5 Å². The van der Waals surface area contributed by atoms with Crippen LogP contribution < -0.4 is 20.1 Å². The van der Waals surface area contributed by atoms with Gasteiger partial charge in [-0.1, -0.05) is 147 Å². The maximum Gasteiger partial charge on any atom is 0.329 e. The van der Waals surface area contributed by atoms with Gasteiger partial charge in [0.2, 0.25) is 0 Å². The maximum absolute atomic E-state index is 17.0. The Morgan fingerprint density at radius 2 is 0.684 bits per heavy atom. The van der Waals surface area contributed by atoms with Crippen LogP contribution in [0.25, 0.3) is 0 Å². The molecule has 6 N–H and O–H groups in total. The van der Waals surface area contributed by atoms with Crippen molar-refractivity contribution >= 4 is 35.8 Å². The van der Waals surface area contributed by atoms with Crippen LogP contribution in [0.5, 0.6) is 11.5 Å². The molecule has 2 aliphatic heterocycles. The first kappa shape index (κ1) is 66.7. The number of unbranched alkanes of at least 4 members (excludes halogenated alkanes) is 2. The summed E-state index contributed by atoms with van der Waals surface area (Å²) in [6.45, 7) is 43.8. The van der Waals surface area contributed by atoms with Gasteiger partial charge in [-0.15, -0.1) is 0 Å². The lowest BCUT2D eigenvalue weighted by Gasteiger charge is -2.56. The summed E-state index contributed by atoms with van der Waals surface area (Å²) in [6.07, 6.45) is 2.63. The number of esters is 2.